The molecule has 0 aliphatic carbocycles. The lowest BCUT2D eigenvalue weighted by molar-refractivity contribution is 0.669. The number of hydrogen-bond acceptors (Lipinski definition) is 3. The highest BCUT2D eigenvalue weighted by Gasteiger charge is 2.20. The maximum absolute atomic E-state index is 6.56. The number of rotatable bonds is 2. The van der Waals surface area contributed by atoms with E-state index in [2.05, 4.69) is 89.9 Å². The van der Waals surface area contributed by atoms with E-state index in [1.54, 1.807) is 0 Å². The molecule has 200 valence electrons. The SMILES string of the molecule is c1ccc2ncc(-c3c4[nH]c5cc(-c6ccc7oc8ccccc8c7c6)ccc5c4cc4c3oc3ccccc34)cc2c1. The molecule has 4 heterocycles. The van der Waals surface area contributed by atoms with Crippen molar-refractivity contribution in [3.05, 3.63) is 128 Å². The van der Waals surface area contributed by atoms with E-state index in [9.17, 15) is 0 Å². The largest absolute Gasteiger partial charge is 0.456 e. The van der Waals surface area contributed by atoms with Crippen LogP contribution in [0.1, 0.15) is 0 Å². The summed E-state index contributed by atoms with van der Waals surface area (Å²) < 4.78 is 12.6. The third-order valence-corrected chi connectivity index (χ3v) is 8.83. The quantitative estimate of drug-likeness (QED) is 0.233. The zero-order chi connectivity index (χ0) is 28.1. The Kier molecular flexibility index (Phi) is 4.42. The van der Waals surface area contributed by atoms with Crippen LogP contribution in [-0.4, -0.2) is 9.97 Å². The van der Waals surface area contributed by atoms with Crippen LogP contribution >= 0.6 is 0 Å². The van der Waals surface area contributed by atoms with Gasteiger partial charge in [0.15, 0.2) is 0 Å². The summed E-state index contributed by atoms with van der Waals surface area (Å²) in [4.78, 5) is 8.61. The first kappa shape index (κ1) is 22.8. The second kappa shape index (κ2) is 8.34. The zero-order valence-corrected chi connectivity index (χ0v) is 22.9. The van der Waals surface area contributed by atoms with Crippen LogP contribution in [0, 0.1) is 0 Å². The van der Waals surface area contributed by atoms with Crippen LogP contribution in [0.3, 0.4) is 0 Å². The lowest BCUT2D eigenvalue weighted by Gasteiger charge is -2.07. The number of nitrogens with one attached hydrogen (secondary N) is 1. The summed E-state index contributed by atoms with van der Waals surface area (Å²) in [6, 6.07) is 42.3. The number of benzene rings is 6. The standard InChI is InChI=1S/C39H22N2O2/c1-4-10-32-24(7-1)17-25(21-40-32)37-38-30(20-31-28-9-3-6-12-35(28)43-39(31)37)26-15-13-23(19-33(26)41-38)22-14-16-36-29(18-22)27-8-2-5-11-34(27)42-36/h1-21,41H. The highest BCUT2D eigenvalue weighted by molar-refractivity contribution is 6.23. The molecular formula is C39H22N2O2. The van der Waals surface area contributed by atoms with E-state index in [-0.39, 0.29) is 0 Å². The van der Waals surface area contributed by atoms with Gasteiger partial charge < -0.3 is 13.8 Å². The second-order valence-corrected chi connectivity index (χ2v) is 11.3. The van der Waals surface area contributed by atoms with Gasteiger partial charge in [-0.05, 0) is 59.7 Å². The first-order valence-corrected chi connectivity index (χ1v) is 14.4. The first-order valence-electron chi connectivity index (χ1n) is 14.4. The van der Waals surface area contributed by atoms with Crippen LogP contribution in [0.2, 0.25) is 0 Å². The molecule has 0 unspecified atom stereocenters. The summed E-state index contributed by atoms with van der Waals surface area (Å²) in [5.74, 6) is 0. The molecule has 0 atom stereocenters. The van der Waals surface area contributed by atoms with Gasteiger partial charge in [-0.2, -0.15) is 0 Å². The van der Waals surface area contributed by atoms with Crippen LogP contribution in [0.25, 0.3) is 98.8 Å². The van der Waals surface area contributed by atoms with Crippen LogP contribution in [0.4, 0.5) is 0 Å². The van der Waals surface area contributed by atoms with Gasteiger partial charge in [-0.3, -0.25) is 4.98 Å². The Labute approximate surface area is 244 Å². The molecule has 43 heavy (non-hydrogen) atoms. The van der Waals surface area contributed by atoms with Crippen molar-refractivity contribution in [1.82, 2.24) is 9.97 Å². The zero-order valence-electron chi connectivity index (χ0n) is 22.9. The highest BCUT2D eigenvalue weighted by atomic mass is 16.3. The van der Waals surface area contributed by atoms with Crippen molar-refractivity contribution in [2.75, 3.05) is 0 Å². The van der Waals surface area contributed by atoms with Gasteiger partial charge in [-0.1, -0.05) is 72.8 Å². The molecule has 10 rings (SSSR count). The molecule has 0 bridgehead atoms. The van der Waals surface area contributed by atoms with Gasteiger partial charge in [-0.15, -0.1) is 0 Å². The topological polar surface area (TPSA) is 55.0 Å². The van der Waals surface area contributed by atoms with E-state index in [1.165, 1.54) is 10.8 Å². The van der Waals surface area contributed by atoms with Gasteiger partial charge in [0.2, 0.25) is 0 Å². The molecule has 4 heteroatoms. The van der Waals surface area contributed by atoms with Crippen LogP contribution < -0.4 is 0 Å². The summed E-state index contributed by atoms with van der Waals surface area (Å²) in [5, 5.41) is 7.92. The molecule has 0 aliphatic rings. The molecule has 4 aromatic heterocycles. The van der Waals surface area contributed by atoms with Crippen LogP contribution in [0.15, 0.2) is 136 Å². The molecule has 1 N–H and O–H groups in total. The molecule has 6 aromatic carbocycles. The monoisotopic (exact) mass is 550 g/mol. The Hall–Kier alpha value is -5.87. The van der Waals surface area contributed by atoms with E-state index >= 15 is 0 Å². The van der Waals surface area contributed by atoms with Gasteiger partial charge in [-0.25, -0.2) is 0 Å². The summed E-state index contributed by atoms with van der Waals surface area (Å²) in [6.45, 7) is 0. The van der Waals surface area contributed by atoms with Crippen molar-refractivity contribution in [2.45, 2.75) is 0 Å². The fourth-order valence-corrected chi connectivity index (χ4v) is 6.79. The molecule has 0 amide bonds. The normalized spacial score (nSPS) is 12.2. The minimum atomic E-state index is 0.870. The van der Waals surface area contributed by atoms with Crippen molar-refractivity contribution < 1.29 is 8.83 Å². The predicted molar refractivity (Wildman–Crippen MR) is 177 cm³/mol. The second-order valence-electron chi connectivity index (χ2n) is 11.3. The first-order chi connectivity index (χ1) is 21.3. The van der Waals surface area contributed by atoms with Gasteiger partial charge in [0, 0.05) is 55.0 Å². The number of H-pyrrole nitrogens is 1. The average Bonchev–Trinajstić information content (AvgIpc) is 3.73. The van der Waals surface area contributed by atoms with E-state index in [0.717, 1.165) is 88.1 Å². The Morgan fingerprint density at radius 1 is 0.488 bits per heavy atom. The molecule has 10 aromatic rings. The van der Waals surface area contributed by atoms with Crippen molar-refractivity contribution in [2.24, 2.45) is 0 Å². The summed E-state index contributed by atoms with van der Waals surface area (Å²) in [6.07, 6.45) is 1.96. The molecule has 0 radical (unpaired) electrons. The Balaban J connectivity index is 1.25. The number of hydrogen-bond donors (Lipinski definition) is 1. The number of aromatic amines is 1. The molecule has 0 spiro atoms. The van der Waals surface area contributed by atoms with Gasteiger partial charge >= 0.3 is 0 Å². The number of aromatic nitrogens is 2. The van der Waals surface area contributed by atoms with Crippen molar-refractivity contribution in [3.8, 4) is 22.3 Å². The minimum Gasteiger partial charge on any atom is -0.456 e. The maximum Gasteiger partial charge on any atom is 0.145 e. The van der Waals surface area contributed by atoms with Gasteiger partial charge in [0.1, 0.15) is 22.3 Å². The molecule has 0 saturated carbocycles. The summed E-state index contributed by atoms with van der Waals surface area (Å²) in [5.41, 5.74) is 11.0. The molecular weight excluding hydrogens is 528 g/mol. The number of nitrogens with zero attached hydrogens (tertiary/aromatic N) is 1. The molecule has 0 aliphatic heterocycles. The maximum atomic E-state index is 6.56. The number of para-hydroxylation sites is 3. The van der Waals surface area contributed by atoms with Crippen molar-refractivity contribution >= 4 is 76.6 Å². The third-order valence-electron chi connectivity index (χ3n) is 8.83. The fourth-order valence-electron chi connectivity index (χ4n) is 6.79. The summed E-state index contributed by atoms with van der Waals surface area (Å²) in [7, 11) is 0. The lowest BCUT2D eigenvalue weighted by atomic mass is 9.97. The number of fused-ring (bicyclic) bond motifs is 10. The Morgan fingerprint density at radius 2 is 1.21 bits per heavy atom. The predicted octanol–water partition coefficient (Wildman–Crippen LogP) is 11.0. The number of furan rings is 2. The van der Waals surface area contributed by atoms with E-state index in [1.807, 2.05) is 42.6 Å². The average molecular weight is 551 g/mol. The van der Waals surface area contributed by atoms with E-state index < -0.39 is 0 Å². The smallest absolute Gasteiger partial charge is 0.145 e. The molecule has 0 saturated heterocycles. The van der Waals surface area contributed by atoms with Crippen LogP contribution in [-0.2, 0) is 0 Å². The Morgan fingerprint density at radius 3 is 2.12 bits per heavy atom. The van der Waals surface area contributed by atoms with Gasteiger partial charge in [0.25, 0.3) is 0 Å². The molecule has 4 nitrogen and oxygen atoms in total. The van der Waals surface area contributed by atoms with Crippen LogP contribution in [0.5, 0.6) is 0 Å². The third kappa shape index (κ3) is 3.23. The fraction of sp³-hybridized carbons (Fsp3) is 0. The summed E-state index contributed by atoms with van der Waals surface area (Å²) >= 11 is 0. The van der Waals surface area contributed by atoms with Gasteiger partial charge in [0.05, 0.1) is 16.6 Å². The van der Waals surface area contributed by atoms with Crippen molar-refractivity contribution in [3.63, 3.8) is 0 Å². The highest BCUT2D eigenvalue weighted by Crippen LogP contribution is 2.44. The van der Waals surface area contributed by atoms with E-state index in [0.29, 0.717) is 0 Å². The van der Waals surface area contributed by atoms with Crippen molar-refractivity contribution in [1.29, 1.82) is 0 Å². The lowest BCUT2D eigenvalue weighted by Crippen LogP contribution is -1.86. The molecule has 0 fully saturated rings. The Bertz CT molecular complexity index is 2740. The van der Waals surface area contributed by atoms with E-state index in [4.69, 9.17) is 13.8 Å². The minimum absolute atomic E-state index is 0.870. The number of pyridine rings is 1.